The number of hydrogen-bond acceptors (Lipinski definition) is 7. The maximum Gasteiger partial charge on any atom is 0.339 e. The van der Waals surface area contributed by atoms with Crippen molar-refractivity contribution >= 4 is 11.9 Å². The van der Waals surface area contributed by atoms with E-state index >= 15 is 0 Å². The number of aliphatic hydroxyl groups is 2. The number of ether oxygens (including phenoxy) is 1. The van der Waals surface area contributed by atoms with E-state index in [9.17, 15) is 35.1 Å². The molecule has 0 bridgehead atoms. The fourth-order valence-corrected chi connectivity index (χ4v) is 3.93. The van der Waals surface area contributed by atoms with E-state index in [0.717, 1.165) is 6.07 Å². The Kier molecular flexibility index (Phi) is 9.94. The molecule has 1 aromatic rings. The first-order valence-corrected chi connectivity index (χ1v) is 10.9. The highest BCUT2D eigenvalue weighted by atomic mass is 16.5. The van der Waals surface area contributed by atoms with Gasteiger partial charge in [-0.25, -0.2) is 4.79 Å². The zero-order chi connectivity index (χ0) is 24.8. The molecule has 9 nitrogen and oxygen atoms in total. The van der Waals surface area contributed by atoms with Gasteiger partial charge in [0.15, 0.2) is 0 Å². The van der Waals surface area contributed by atoms with Crippen LogP contribution in [0.4, 0.5) is 0 Å². The summed E-state index contributed by atoms with van der Waals surface area (Å²) in [4.78, 5) is 23.0. The Balaban J connectivity index is 0.00000249. The first-order valence-electron chi connectivity index (χ1n) is 10.9. The normalized spacial score (nSPS) is 23.0. The van der Waals surface area contributed by atoms with E-state index in [4.69, 9.17) is 10.5 Å². The number of primary amides is 1. The molecule has 9 heteroatoms. The van der Waals surface area contributed by atoms with Crippen LogP contribution in [0.3, 0.4) is 0 Å². The van der Waals surface area contributed by atoms with Gasteiger partial charge in [0, 0.05) is 24.3 Å². The van der Waals surface area contributed by atoms with E-state index in [0.29, 0.717) is 24.0 Å². The zero-order valence-corrected chi connectivity index (χ0v) is 19.5. The Morgan fingerprint density at radius 3 is 2.38 bits per heavy atom. The van der Waals surface area contributed by atoms with Gasteiger partial charge in [-0.2, -0.15) is 0 Å². The number of rotatable bonds is 8. The highest BCUT2D eigenvalue weighted by Crippen LogP contribution is 2.39. The Bertz CT molecular complexity index is 808. The van der Waals surface area contributed by atoms with Crippen molar-refractivity contribution in [3.05, 3.63) is 22.8 Å². The van der Waals surface area contributed by atoms with E-state index in [1.54, 1.807) is 20.8 Å². The molecule has 0 spiro atoms. The molecule has 1 aromatic carbocycles. The third-order valence-corrected chi connectivity index (χ3v) is 6.10. The van der Waals surface area contributed by atoms with Crippen LogP contribution < -0.4 is 5.73 Å². The minimum Gasteiger partial charge on any atom is -0.508 e. The maximum atomic E-state index is 11.5. The van der Waals surface area contributed by atoms with Crippen molar-refractivity contribution < 1.29 is 39.9 Å². The van der Waals surface area contributed by atoms with Crippen molar-refractivity contribution in [3.8, 4) is 11.5 Å². The first kappa shape index (κ1) is 27.7. The average Bonchev–Trinajstić information content (AvgIpc) is 2.70. The summed E-state index contributed by atoms with van der Waals surface area (Å²) in [6.45, 7) is 9.16. The van der Waals surface area contributed by atoms with Gasteiger partial charge in [0.2, 0.25) is 5.91 Å². The second-order valence-electron chi connectivity index (χ2n) is 8.57. The molecule has 1 saturated heterocycles. The average molecular weight is 456 g/mol. The van der Waals surface area contributed by atoms with Gasteiger partial charge in [-0.1, -0.05) is 27.7 Å². The quantitative estimate of drug-likeness (QED) is 0.346. The van der Waals surface area contributed by atoms with Crippen LogP contribution in [0.25, 0.3) is 0 Å². The summed E-state index contributed by atoms with van der Waals surface area (Å²) in [7, 11) is 0. The van der Waals surface area contributed by atoms with Gasteiger partial charge >= 0.3 is 5.97 Å². The predicted molar refractivity (Wildman–Crippen MR) is 119 cm³/mol. The number of carbonyl (C=O) groups excluding carboxylic acids is 1. The third kappa shape index (κ3) is 6.34. The van der Waals surface area contributed by atoms with Crippen molar-refractivity contribution in [1.29, 1.82) is 0 Å². The Hall–Kier alpha value is -2.36. The molecule has 7 N–H and O–H groups in total. The van der Waals surface area contributed by atoms with Crippen LogP contribution in [0.15, 0.2) is 6.07 Å². The maximum absolute atomic E-state index is 11.5. The van der Waals surface area contributed by atoms with Crippen molar-refractivity contribution in [2.75, 3.05) is 0 Å². The Morgan fingerprint density at radius 2 is 1.84 bits per heavy atom. The van der Waals surface area contributed by atoms with Gasteiger partial charge in [-0.05, 0) is 37.3 Å². The number of benzene rings is 1. The molecule has 1 unspecified atom stereocenters. The van der Waals surface area contributed by atoms with Crippen LogP contribution in [-0.2, 0) is 16.0 Å². The molecule has 182 valence electrons. The van der Waals surface area contributed by atoms with E-state index in [2.05, 4.69) is 0 Å². The number of carbonyl (C=O) groups is 2. The molecular weight excluding hydrogens is 418 g/mol. The van der Waals surface area contributed by atoms with Crippen LogP contribution in [-0.4, -0.2) is 61.8 Å². The number of phenolic OH excluding ortho intramolecular Hbond substituents is 1. The number of aliphatic hydroxyl groups excluding tert-OH is 2. The summed E-state index contributed by atoms with van der Waals surface area (Å²) in [5.41, 5.74) is 5.04. The van der Waals surface area contributed by atoms with Crippen LogP contribution in [0.2, 0.25) is 0 Å². The Labute approximate surface area is 188 Å². The van der Waals surface area contributed by atoms with Gasteiger partial charge in [0.25, 0.3) is 0 Å². The molecule has 2 rings (SSSR count). The lowest BCUT2D eigenvalue weighted by Gasteiger charge is -2.45. The number of hydrogen-bond donors (Lipinski definition) is 6. The fourth-order valence-electron chi connectivity index (χ4n) is 3.93. The highest BCUT2D eigenvalue weighted by molar-refractivity contribution is 5.93. The van der Waals surface area contributed by atoms with Crippen molar-refractivity contribution in [3.63, 3.8) is 0 Å². The molecule has 1 heterocycles. The van der Waals surface area contributed by atoms with Gasteiger partial charge in [0.1, 0.15) is 23.2 Å². The molecule has 4 atom stereocenters. The molecule has 0 aliphatic carbocycles. The molecule has 1 aliphatic rings. The number of aromatic carboxylic acids is 1. The SMILES string of the molecule is CC.Cc1c(O)cc(O)c(C(=O)O)c1CCC[C@@H](O)CC1O[C@H](C(N)=O)C[C@@H](O)C1(C)C. The summed E-state index contributed by atoms with van der Waals surface area (Å²) in [6, 6.07) is 1.00. The zero-order valence-electron chi connectivity index (χ0n) is 19.5. The van der Waals surface area contributed by atoms with E-state index in [1.165, 1.54) is 0 Å². The molecule has 1 fully saturated rings. The number of phenols is 2. The lowest BCUT2D eigenvalue weighted by Crippen LogP contribution is -2.54. The van der Waals surface area contributed by atoms with Gasteiger partial charge in [-0.3, -0.25) is 4.79 Å². The lowest BCUT2D eigenvalue weighted by atomic mass is 9.74. The number of nitrogens with two attached hydrogens (primary N) is 1. The monoisotopic (exact) mass is 455 g/mol. The van der Waals surface area contributed by atoms with Crippen LogP contribution in [0, 0.1) is 12.3 Å². The Morgan fingerprint density at radius 1 is 1.25 bits per heavy atom. The minimum atomic E-state index is -1.30. The van der Waals surface area contributed by atoms with Crippen LogP contribution in [0.5, 0.6) is 11.5 Å². The van der Waals surface area contributed by atoms with Crippen molar-refractivity contribution in [2.24, 2.45) is 11.1 Å². The summed E-state index contributed by atoms with van der Waals surface area (Å²) in [5, 5.41) is 50.0. The van der Waals surface area contributed by atoms with E-state index in [1.807, 2.05) is 13.8 Å². The molecular formula is C23H37NO8. The smallest absolute Gasteiger partial charge is 0.339 e. The van der Waals surface area contributed by atoms with Gasteiger partial charge < -0.3 is 36.0 Å². The first-order chi connectivity index (χ1) is 14.9. The molecule has 0 saturated carbocycles. The molecule has 0 aromatic heterocycles. The number of amides is 1. The second kappa shape index (κ2) is 11.5. The van der Waals surface area contributed by atoms with Gasteiger partial charge in [-0.15, -0.1) is 0 Å². The molecule has 1 aliphatic heterocycles. The van der Waals surface area contributed by atoms with Crippen molar-refractivity contribution in [2.45, 2.75) is 91.1 Å². The summed E-state index contributed by atoms with van der Waals surface area (Å²) < 4.78 is 5.73. The molecule has 32 heavy (non-hydrogen) atoms. The number of aromatic hydroxyl groups is 2. The van der Waals surface area contributed by atoms with Crippen molar-refractivity contribution in [1.82, 2.24) is 0 Å². The second-order valence-corrected chi connectivity index (χ2v) is 8.57. The minimum absolute atomic E-state index is 0.104. The number of carboxylic acid groups (broad SMARTS) is 1. The third-order valence-electron chi connectivity index (χ3n) is 6.10. The largest absolute Gasteiger partial charge is 0.508 e. The van der Waals surface area contributed by atoms with Crippen LogP contribution in [0.1, 0.15) is 74.9 Å². The molecule has 1 amide bonds. The van der Waals surface area contributed by atoms with E-state index < -0.39 is 47.5 Å². The van der Waals surface area contributed by atoms with E-state index in [-0.39, 0.29) is 30.6 Å². The highest BCUT2D eigenvalue weighted by Gasteiger charge is 2.46. The summed E-state index contributed by atoms with van der Waals surface area (Å²) >= 11 is 0. The summed E-state index contributed by atoms with van der Waals surface area (Å²) in [5.74, 6) is -2.67. The summed E-state index contributed by atoms with van der Waals surface area (Å²) in [6.07, 6.45) is -1.95. The van der Waals surface area contributed by atoms with Crippen LogP contribution >= 0.6 is 0 Å². The number of carboxylic acids is 1. The fraction of sp³-hybridized carbons (Fsp3) is 0.652. The standard InChI is InChI=1S/C21H31NO8.C2H6/c1-10-12(18(20(28)29)14(25)8-13(10)24)6-4-5-11(23)7-17-21(2,3)16(26)9-15(30-17)19(22)27;1-2/h8,11,15-17,23-26H,4-7,9H2,1-3H3,(H2,22,27)(H,28,29);1-2H3/t11-,15+,16-,17?;/m1./s1. The lowest BCUT2D eigenvalue weighted by molar-refractivity contribution is -0.187. The molecule has 0 radical (unpaired) electrons. The topological polar surface area (TPSA) is 171 Å². The van der Waals surface area contributed by atoms with Gasteiger partial charge in [0.05, 0.1) is 18.3 Å². The predicted octanol–water partition coefficient (Wildman–Crippen LogP) is 2.23.